The van der Waals surface area contributed by atoms with Crippen LogP contribution < -0.4 is 10.2 Å². The lowest BCUT2D eigenvalue weighted by Gasteiger charge is -2.30. The zero-order valence-corrected chi connectivity index (χ0v) is 16.4. The quantitative estimate of drug-likeness (QED) is 0.694. The lowest BCUT2D eigenvalue weighted by molar-refractivity contribution is 0.122. The molecule has 1 aliphatic rings. The molecule has 0 bridgehead atoms. The molecule has 0 amide bonds. The van der Waals surface area contributed by atoms with Crippen LogP contribution in [0.25, 0.3) is 6.08 Å². The van der Waals surface area contributed by atoms with Crippen LogP contribution in [0.5, 0.6) is 0 Å². The first kappa shape index (κ1) is 19.2. The van der Waals surface area contributed by atoms with Gasteiger partial charge in [-0.25, -0.2) is 0 Å². The third-order valence-electron chi connectivity index (χ3n) is 4.97. The minimum atomic E-state index is 0.251. The van der Waals surface area contributed by atoms with Crippen LogP contribution in [-0.2, 0) is 4.74 Å². The molecule has 1 fully saturated rings. The van der Waals surface area contributed by atoms with Crippen molar-refractivity contribution in [3.8, 4) is 0 Å². The van der Waals surface area contributed by atoms with Crippen LogP contribution in [0, 0.1) is 6.92 Å². The van der Waals surface area contributed by atoms with Crippen molar-refractivity contribution in [2.75, 3.05) is 31.2 Å². The van der Waals surface area contributed by atoms with E-state index >= 15 is 0 Å². The lowest BCUT2D eigenvalue weighted by Crippen LogP contribution is -2.36. The van der Waals surface area contributed by atoms with Gasteiger partial charge in [0.2, 0.25) is 0 Å². The minimum Gasteiger partial charge on any atom is -0.379 e. The fraction of sp³-hybridized carbons (Fsp3) is 0.333. The Balaban J connectivity index is 1.65. The van der Waals surface area contributed by atoms with Gasteiger partial charge in [0.05, 0.1) is 19.3 Å². The zero-order valence-electron chi connectivity index (χ0n) is 16.4. The number of morpholine rings is 1. The van der Waals surface area contributed by atoms with Gasteiger partial charge in [0.15, 0.2) is 0 Å². The predicted octanol–water partition coefficient (Wildman–Crippen LogP) is 5.10. The Morgan fingerprint density at radius 1 is 1.19 bits per heavy atom. The molecular weight excluding hydrogens is 332 g/mol. The molecule has 0 aromatic heterocycles. The Morgan fingerprint density at radius 3 is 2.63 bits per heavy atom. The largest absolute Gasteiger partial charge is 0.379 e. The summed E-state index contributed by atoms with van der Waals surface area (Å²) >= 11 is 0. The van der Waals surface area contributed by atoms with E-state index in [0.717, 1.165) is 38.4 Å². The van der Waals surface area contributed by atoms with Crippen LogP contribution in [-0.4, -0.2) is 26.3 Å². The van der Waals surface area contributed by atoms with Gasteiger partial charge in [-0.1, -0.05) is 61.5 Å². The van der Waals surface area contributed by atoms with E-state index in [0.29, 0.717) is 0 Å². The predicted molar refractivity (Wildman–Crippen MR) is 115 cm³/mol. The Morgan fingerprint density at radius 2 is 1.93 bits per heavy atom. The van der Waals surface area contributed by atoms with Crippen molar-refractivity contribution in [2.45, 2.75) is 26.3 Å². The van der Waals surface area contributed by atoms with Crippen LogP contribution in [0.15, 0.2) is 66.9 Å². The molecule has 3 heteroatoms. The van der Waals surface area contributed by atoms with E-state index < -0.39 is 0 Å². The molecule has 0 aliphatic carbocycles. The van der Waals surface area contributed by atoms with E-state index in [4.69, 9.17) is 4.74 Å². The minimum absolute atomic E-state index is 0.251. The van der Waals surface area contributed by atoms with Gasteiger partial charge in [0, 0.05) is 24.5 Å². The highest BCUT2D eigenvalue weighted by molar-refractivity contribution is 5.53. The molecule has 1 unspecified atom stereocenters. The molecule has 1 atom stereocenters. The van der Waals surface area contributed by atoms with Crippen molar-refractivity contribution in [1.82, 2.24) is 5.32 Å². The van der Waals surface area contributed by atoms with Crippen LogP contribution in [0.1, 0.15) is 36.1 Å². The number of benzene rings is 2. The van der Waals surface area contributed by atoms with Gasteiger partial charge < -0.3 is 15.0 Å². The monoisotopic (exact) mass is 362 g/mol. The third-order valence-corrected chi connectivity index (χ3v) is 4.97. The molecule has 142 valence electrons. The molecule has 2 aromatic carbocycles. The SMILES string of the molecule is C=C(/C=C/c1ccc(C)cc1)NC(CC)c1cccc(N2CCOCC2)c1. The molecule has 1 aliphatic heterocycles. The summed E-state index contributed by atoms with van der Waals surface area (Å²) in [6.45, 7) is 12.0. The Labute approximate surface area is 163 Å². The van der Waals surface area contributed by atoms with Gasteiger partial charge in [0.25, 0.3) is 0 Å². The van der Waals surface area contributed by atoms with Gasteiger partial charge in [-0.05, 0) is 42.7 Å². The van der Waals surface area contributed by atoms with E-state index in [2.05, 4.69) is 91.3 Å². The summed E-state index contributed by atoms with van der Waals surface area (Å²) in [5, 5.41) is 3.57. The highest BCUT2D eigenvalue weighted by atomic mass is 16.5. The molecule has 27 heavy (non-hydrogen) atoms. The first-order valence-corrected chi connectivity index (χ1v) is 9.78. The molecule has 0 radical (unpaired) electrons. The second-order valence-corrected chi connectivity index (χ2v) is 7.07. The van der Waals surface area contributed by atoms with Crippen molar-refractivity contribution in [3.05, 3.63) is 83.6 Å². The molecule has 3 nitrogen and oxygen atoms in total. The summed E-state index contributed by atoms with van der Waals surface area (Å²) in [6, 6.07) is 17.6. The number of anilines is 1. The summed E-state index contributed by atoms with van der Waals surface area (Å²) in [6.07, 6.45) is 5.16. The van der Waals surface area contributed by atoms with E-state index in [1.807, 2.05) is 0 Å². The van der Waals surface area contributed by atoms with Crippen LogP contribution in [0.3, 0.4) is 0 Å². The summed E-state index contributed by atoms with van der Waals surface area (Å²) in [5.74, 6) is 0. The molecule has 2 aromatic rings. The van der Waals surface area contributed by atoms with Gasteiger partial charge in [-0.15, -0.1) is 0 Å². The smallest absolute Gasteiger partial charge is 0.0642 e. The van der Waals surface area contributed by atoms with Crippen molar-refractivity contribution in [1.29, 1.82) is 0 Å². The summed E-state index contributed by atoms with van der Waals surface area (Å²) in [7, 11) is 0. The van der Waals surface area contributed by atoms with E-state index in [1.165, 1.54) is 22.4 Å². The van der Waals surface area contributed by atoms with Crippen LogP contribution in [0.4, 0.5) is 5.69 Å². The number of allylic oxidation sites excluding steroid dienone is 1. The highest BCUT2D eigenvalue weighted by Gasteiger charge is 2.14. The maximum Gasteiger partial charge on any atom is 0.0642 e. The van der Waals surface area contributed by atoms with Crippen molar-refractivity contribution in [2.24, 2.45) is 0 Å². The number of hydrogen-bond donors (Lipinski definition) is 1. The summed E-state index contributed by atoms with van der Waals surface area (Å²) < 4.78 is 5.47. The maximum atomic E-state index is 5.47. The molecule has 1 heterocycles. The highest BCUT2D eigenvalue weighted by Crippen LogP contribution is 2.24. The second kappa shape index (κ2) is 9.43. The topological polar surface area (TPSA) is 24.5 Å². The Kier molecular flexibility index (Phi) is 6.72. The second-order valence-electron chi connectivity index (χ2n) is 7.07. The Hall–Kier alpha value is -2.52. The molecular formula is C24H30N2O. The number of nitrogens with one attached hydrogen (secondary N) is 1. The first-order valence-electron chi connectivity index (χ1n) is 9.78. The average Bonchev–Trinajstić information content (AvgIpc) is 2.72. The first-order chi connectivity index (χ1) is 13.2. The fourth-order valence-electron chi connectivity index (χ4n) is 3.33. The number of hydrogen-bond acceptors (Lipinski definition) is 3. The number of nitrogens with zero attached hydrogens (tertiary/aromatic N) is 1. The van der Waals surface area contributed by atoms with Gasteiger partial charge in [0.1, 0.15) is 0 Å². The Bertz CT molecular complexity index is 773. The van der Waals surface area contributed by atoms with E-state index in [9.17, 15) is 0 Å². The number of rotatable bonds is 7. The number of aryl methyl sites for hydroxylation is 1. The van der Waals surface area contributed by atoms with Gasteiger partial charge >= 0.3 is 0 Å². The third kappa shape index (κ3) is 5.48. The zero-order chi connectivity index (χ0) is 19.1. The molecule has 0 saturated carbocycles. The van der Waals surface area contributed by atoms with Gasteiger partial charge in [-0.2, -0.15) is 0 Å². The summed E-state index contributed by atoms with van der Waals surface area (Å²) in [5.41, 5.74) is 5.96. The average molecular weight is 363 g/mol. The molecule has 0 spiro atoms. The van der Waals surface area contributed by atoms with Gasteiger partial charge in [-0.3, -0.25) is 0 Å². The maximum absolute atomic E-state index is 5.47. The normalized spacial score (nSPS) is 15.7. The van der Waals surface area contributed by atoms with Crippen molar-refractivity contribution in [3.63, 3.8) is 0 Å². The molecule has 1 N–H and O–H groups in total. The standard InChI is InChI=1S/C24H30N2O/c1-4-24(25-20(3)10-13-21-11-8-19(2)9-12-21)22-6-5-7-23(18-22)26-14-16-27-17-15-26/h5-13,18,24-25H,3-4,14-17H2,1-2H3/b13-10+. The summed E-state index contributed by atoms with van der Waals surface area (Å²) in [4.78, 5) is 2.39. The van der Waals surface area contributed by atoms with E-state index in [1.54, 1.807) is 0 Å². The number of ether oxygens (including phenoxy) is 1. The lowest BCUT2D eigenvalue weighted by atomic mass is 10.0. The van der Waals surface area contributed by atoms with Crippen molar-refractivity contribution >= 4 is 11.8 Å². The van der Waals surface area contributed by atoms with E-state index in [-0.39, 0.29) is 6.04 Å². The van der Waals surface area contributed by atoms with Crippen molar-refractivity contribution < 1.29 is 4.74 Å². The molecule has 1 saturated heterocycles. The fourth-order valence-corrected chi connectivity index (χ4v) is 3.33. The molecule has 3 rings (SSSR count). The van der Waals surface area contributed by atoms with Crippen LogP contribution >= 0.6 is 0 Å². The van der Waals surface area contributed by atoms with Crippen LogP contribution in [0.2, 0.25) is 0 Å².